The number of hydrogen-bond donors (Lipinski definition) is 1. The summed E-state index contributed by atoms with van der Waals surface area (Å²) in [5.41, 5.74) is 0.500. The highest BCUT2D eigenvalue weighted by atomic mass is 19.1. The molecule has 0 atom stereocenters. The molecule has 0 amide bonds. The van der Waals surface area contributed by atoms with E-state index in [9.17, 15) is 8.78 Å². The molecule has 19 heavy (non-hydrogen) atoms. The maximum Gasteiger partial charge on any atom is 0.129 e. The van der Waals surface area contributed by atoms with Crippen LogP contribution in [0, 0.1) is 11.6 Å². The first-order valence-corrected chi connectivity index (χ1v) is 7.03. The molecule has 0 heterocycles. The average Bonchev–Trinajstić information content (AvgIpc) is 2.75. The van der Waals surface area contributed by atoms with Gasteiger partial charge in [0.25, 0.3) is 0 Å². The predicted molar refractivity (Wildman–Crippen MR) is 74.3 cm³/mol. The maximum absolute atomic E-state index is 14.1. The molecular formula is C16H23F2N. The summed E-state index contributed by atoms with van der Waals surface area (Å²) in [5.74, 6) is -0.907. The van der Waals surface area contributed by atoms with E-state index in [0.717, 1.165) is 38.3 Å². The largest absolute Gasteiger partial charge is 0.311 e. The van der Waals surface area contributed by atoms with Crippen LogP contribution in [0.1, 0.15) is 52.0 Å². The second-order valence-electron chi connectivity index (χ2n) is 6.72. The van der Waals surface area contributed by atoms with Crippen LogP contribution in [0.4, 0.5) is 8.78 Å². The van der Waals surface area contributed by atoms with Crippen LogP contribution in [0.5, 0.6) is 0 Å². The van der Waals surface area contributed by atoms with Gasteiger partial charge >= 0.3 is 0 Å². The Bertz CT molecular complexity index is 443. The van der Waals surface area contributed by atoms with Crippen molar-refractivity contribution in [2.45, 2.75) is 57.4 Å². The summed E-state index contributed by atoms with van der Waals surface area (Å²) in [7, 11) is 0. The molecule has 0 unspecified atom stereocenters. The summed E-state index contributed by atoms with van der Waals surface area (Å²) in [4.78, 5) is 0. The molecule has 1 nitrogen and oxygen atoms in total. The Balaban J connectivity index is 2.28. The van der Waals surface area contributed by atoms with Crippen LogP contribution in [0.15, 0.2) is 18.2 Å². The molecule has 1 aromatic carbocycles. The van der Waals surface area contributed by atoms with Crippen molar-refractivity contribution in [2.24, 2.45) is 0 Å². The zero-order chi connectivity index (χ0) is 14.1. The van der Waals surface area contributed by atoms with Gasteiger partial charge in [-0.15, -0.1) is 0 Å². The van der Waals surface area contributed by atoms with E-state index in [2.05, 4.69) is 26.1 Å². The van der Waals surface area contributed by atoms with E-state index in [4.69, 9.17) is 0 Å². The average molecular weight is 267 g/mol. The highest BCUT2D eigenvalue weighted by molar-refractivity contribution is 5.29. The first kappa shape index (κ1) is 14.4. The fourth-order valence-corrected chi connectivity index (χ4v) is 2.95. The zero-order valence-corrected chi connectivity index (χ0v) is 12.0. The highest BCUT2D eigenvalue weighted by Crippen LogP contribution is 2.42. The number of rotatable bonds is 3. The number of nitrogens with one attached hydrogen (secondary N) is 1. The van der Waals surface area contributed by atoms with Crippen LogP contribution in [-0.4, -0.2) is 12.1 Å². The maximum atomic E-state index is 14.1. The number of benzene rings is 1. The second kappa shape index (κ2) is 5.20. The predicted octanol–water partition coefficient (Wildman–Crippen LogP) is 4.16. The molecule has 2 rings (SSSR count). The Morgan fingerprint density at radius 1 is 1.16 bits per heavy atom. The van der Waals surface area contributed by atoms with Crippen molar-refractivity contribution in [3.05, 3.63) is 35.4 Å². The van der Waals surface area contributed by atoms with E-state index < -0.39 is 11.6 Å². The molecule has 0 spiro atoms. The van der Waals surface area contributed by atoms with E-state index in [1.54, 1.807) is 6.07 Å². The van der Waals surface area contributed by atoms with Gasteiger partial charge in [-0.3, -0.25) is 0 Å². The fraction of sp³-hybridized carbons (Fsp3) is 0.625. The molecule has 0 aliphatic heterocycles. The van der Waals surface area contributed by atoms with Gasteiger partial charge in [0, 0.05) is 23.6 Å². The van der Waals surface area contributed by atoms with Crippen LogP contribution in [0.25, 0.3) is 0 Å². The Kier molecular flexibility index (Phi) is 3.95. The molecule has 1 fully saturated rings. The van der Waals surface area contributed by atoms with Crippen LogP contribution in [0.3, 0.4) is 0 Å². The Morgan fingerprint density at radius 3 is 2.32 bits per heavy atom. The molecule has 1 aliphatic carbocycles. The van der Waals surface area contributed by atoms with Gasteiger partial charge in [0.2, 0.25) is 0 Å². The Labute approximate surface area is 114 Å². The molecule has 106 valence electrons. The number of hydrogen-bond acceptors (Lipinski definition) is 1. The molecule has 0 aromatic heterocycles. The first-order chi connectivity index (χ1) is 8.82. The molecular weight excluding hydrogens is 244 g/mol. The third-order valence-corrected chi connectivity index (χ3v) is 4.02. The lowest BCUT2D eigenvalue weighted by molar-refractivity contribution is 0.325. The quantitative estimate of drug-likeness (QED) is 0.867. The van der Waals surface area contributed by atoms with E-state index in [-0.39, 0.29) is 11.0 Å². The number of halogens is 2. The van der Waals surface area contributed by atoms with Gasteiger partial charge in [-0.05, 0) is 45.2 Å². The van der Waals surface area contributed by atoms with E-state index in [1.807, 2.05) is 0 Å². The van der Waals surface area contributed by atoms with Gasteiger partial charge in [-0.25, -0.2) is 8.78 Å². The first-order valence-electron chi connectivity index (χ1n) is 7.03. The van der Waals surface area contributed by atoms with Gasteiger partial charge < -0.3 is 5.32 Å². The lowest BCUT2D eigenvalue weighted by Crippen LogP contribution is -2.45. The van der Waals surface area contributed by atoms with Crippen molar-refractivity contribution in [1.82, 2.24) is 5.32 Å². The van der Waals surface area contributed by atoms with Gasteiger partial charge in [0.05, 0.1) is 0 Å². The summed E-state index contributed by atoms with van der Waals surface area (Å²) in [6.45, 7) is 7.07. The summed E-state index contributed by atoms with van der Waals surface area (Å²) in [6.07, 6.45) is 4.17. The van der Waals surface area contributed by atoms with E-state index in [0.29, 0.717) is 5.56 Å². The SMILES string of the molecule is CC(C)(C)NCC1(c2ccc(F)cc2F)CCCC1. The molecule has 1 aromatic rings. The van der Waals surface area contributed by atoms with Crippen LogP contribution in [-0.2, 0) is 5.41 Å². The van der Waals surface area contributed by atoms with Crippen molar-refractivity contribution < 1.29 is 8.78 Å². The van der Waals surface area contributed by atoms with Gasteiger partial charge in [0.1, 0.15) is 11.6 Å². The smallest absolute Gasteiger partial charge is 0.129 e. The van der Waals surface area contributed by atoms with Crippen molar-refractivity contribution in [1.29, 1.82) is 0 Å². The molecule has 0 bridgehead atoms. The molecule has 1 saturated carbocycles. The standard InChI is InChI=1S/C16H23F2N/c1-15(2,3)19-11-16(8-4-5-9-16)13-7-6-12(17)10-14(13)18/h6-7,10,19H,4-5,8-9,11H2,1-3H3. The zero-order valence-electron chi connectivity index (χ0n) is 12.0. The van der Waals surface area contributed by atoms with Gasteiger partial charge in [-0.2, -0.15) is 0 Å². The third kappa shape index (κ3) is 3.33. The molecule has 1 N–H and O–H groups in total. The van der Waals surface area contributed by atoms with E-state index >= 15 is 0 Å². The highest BCUT2D eigenvalue weighted by Gasteiger charge is 2.38. The third-order valence-electron chi connectivity index (χ3n) is 4.02. The lowest BCUT2D eigenvalue weighted by atomic mass is 9.78. The normalized spacial score (nSPS) is 18.8. The topological polar surface area (TPSA) is 12.0 Å². The summed E-state index contributed by atoms with van der Waals surface area (Å²) >= 11 is 0. The van der Waals surface area contributed by atoms with Crippen LogP contribution < -0.4 is 5.32 Å². The Hall–Kier alpha value is -0.960. The summed E-state index contributed by atoms with van der Waals surface area (Å²) in [5, 5.41) is 3.48. The van der Waals surface area contributed by atoms with Crippen LogP contribution in [0.2, 0.25) is 0 Å². The molecule has 0 radical (unpaired) electrons. The van der Waals surface area contributed by atoms with Crippen LogP contribution >= 0.6 is 0 Å². The minimum absolute atomic E-state index is 0.00605. The molecule has 1 aliphatic rings. The summed E-state index contributed by atoms with van der Waals surface area (Å²) in [6, 6.07) is 4.00. The summed E-state index contributed by atoms with van der Waals surface area (Å²) < 4.78 is 27.2. The van der Waals surface area contributed by atoms with E-state index in [1.165, 1.54) is 6.07 Å². The monoisotopic (exact) mass is 267 g/mol. The van der Waals surface area contributed by atoms with Crippen molar-refractivity contribution >= 4 is 0 Å². The van der Waals surface area contributed by atoms with Crippen molar-refractivity contribution in [3.63, 3.8) is 0 Å². The Morgan fingerprint density at radius 2 is 1.79 bits per heavy atom. The molecule has 3 heteroatoms. The van der Waals surface area contributed by atoms with Crippen molar-refractivity contribution in [3.8, 4) is 0 Å². The molecule has 0 saturated heterocycles. The minimum Gasteiger partial charge on any atom is -0.311 e. The van der Waals surface area contributed by atoms with Crippen molar-refractivity contribution in [2.75, 3.05) is 6.54 Å². The second-order valence-corrected chi connectivity index (χ2v) is 6.72. The van der Waals surface area contributed by atoms with Gasteiger partial charge in [-0.1, -0.05) is 18.9 Å². The van der Waals surface area contributed by atoms with Gasteiger partial charge in [0.15, 0.2) is 0 Å². The fourth-order valence-electron chi connectivity index (χ4n) is 2.95. The lowest BCUT2D eigenvalue weighted by Gasteiger charge is -2.34. The minimum atomic E-state index is -0.502.